The number of ether oxygens (including phenoxy) is 1. The molecule has 3 heteroatoms. The second-order valence-corrected chi connectivity index (χ2v) is 5.54. The zero-order valence-electron chi connectivity index (χ0n) is 12.5. The van der Waals surface area contributed by atoms with Crippen molar-refractivity contribution in [1.29, 1.82) is 0 Å². The Morgan fingerprint density at radius 1 is 1.05 bits per heavy atom. The van der Waals surface area contributed by atoms with Gasteiger partial charge in [0, 0.05) is 18.6 Å². The molecule has 0 amide bonds. The van der Waals surface area contributed by atoms with Crippen molar-refractivity contribution < 1.29 is 9.84 Å². The molecule has 1 atom stereocenters. The first-order valence-electron chi connectivity index (χ1n) is 7.06. The third-order valence-electron chi connectivity index (χ3n) is 3.17. The molecule has 0 saturated carbocycles. The highest BCUT2D eigenvalue weighted by molar-refractivity contribution is 5.13. The molecule has 1 aromatic rings. The van der Waals surface area contributed by atoms with Gasteiger partial charge in [-0.1, -0.05) is 37.8 Å². The fraction of sp³-hybridized carbons (Fsp3) is 0.647. The maximum absolute atomic E-state index is 10.0. The minimum atomic E-state index is -0.437. The molecule has 0 radical (unpaired) electrons. The molecular formula is C17H31NO2. The van der Waals surface area contributed by atoms with Gasteiger partial charge in [-0.3, -0.25) is 4.90 Å². The minimum absolute atomic E-state index is 0. The Morgan fingerprint density at radius 3 is 2.10 bits per heavy atom. The number of rotatable bonds is 8. The van der Waals surface area contributed by atoms with Crippen molar-refractivity contribution in [3.63, 3.8) is 0 Å². The Labute approximate surface area is 124 Å². The number of hydrogen-bond acceptors (Lipinski definition) is 3. The van der Waals surface area contributed by atoms with Crippen LogP contribution in [-0.4, -0.2) is 41.3 Å². The summed E-state index contributed by atoms with van der Waals surface area (Å²) in [5.41, 5.74) is 1.14. The molecule has 1 aromatic carbocycles. The highest BCUT2D eigenvalue weighted by Gasteiger charge is 2.17. The lowest BCUT2D eigenvalue weighted by Crippen LogP contribution is -2.43. The van der Waals surface area contributed by atoms with Crippen molar-refractivity contribution >= 4 is 0 Å². The summed E-state index contributed by atoms with van der Waals surface area (Å²) in [7, 11) is 0. The average Bonchev–Trinajstić information content (AvgIpc) is 2.36. The summed E-state index contributed by atoms with van der Waals surface area (Å²) < 4.78 is 5.57. The van der Waals surface area contributed by atoms with Gasteiger partial charge < -0.3 is 9.84 Å². The lowest BCUT2D eigenvalue weighted by atomic mass is 10.2. The van der Waals surface area contributed by atoms with E-state index in [4.69, 9.17) is 4.74 Å². The number of nitrogens with zero attached hydrogens (tertiary/aromatic N) is 1. The van der Waals surface area contributed by atoms with Gasteiger partial charge in [-0.2, -0.15) is 0 Å². The second kappa shape index (κ2) is 9.92. The molecule has 3 nitrogen and oxygen atoms in total. The van der Waals surface area contributed by atoms with Crippen LogP contribution in [0, 0.1) is 0 Å². The van der Waals surface area contributed by atoms with Crippen LogP contribution in [0.2, 0.25) is 0 Å². The predicted molar refractivity (Wildman–Crippen MR) is 85.8 cm³/mol. The maximum Gasteiger partial charge on any atom is 0.0900 e. The average molecular weight is 281 g/mol. The SMILES string of the molecule is C.CC(C)N(C[C@@H](O)COCc1ccccc1)C(C)C. The largest absolute Gasteiger partial charge is 0.389 e. The Hall–Kier alpha value is -0.900. The van der Waals surface area contributed by atoms with Crippen molar-refractivity contribution in [2.24, 2.45) is 0 Å². The fourth-order valence-electron chi connectivity index (χ4n) is 2.20. The summed E-state index contributed by atoms with van der Waals surface area (Å²) in [6.07, 6.45) is -0.437. The highest BCUT2D eigenvalue weighted by Crippen LogP contribution is 2.07. The van der Waals surface area contributed by atoms with Crippen LogP contribution in [0.25, 0.3) is 0 Å². The van der Waals surface area contributed by atoms with E-state index < -0.39 is 6.10 Å². The fourth-order valence-corrected chi connectivity index (χ4v) is 2.20. The van der Waals surface area contributed by atoms with E-state index in [1.807, 2.05) is 30.3 Å². The molecule has 0 aromatic heterocycles. The zero-order valence-corrected chi connectivity index (χ0v) is 12.5. The molecule has 0 spiro atoms. The molecule has 0 unspecified atom stereocenters. The summed E-state index contributed by atoms with van der Waals surface area (Å²) in [6.45, 7) is 10.2. The van der Waals surface area contributed by atoms with Crippen LogP contribution >= 0.6 is 0 Å². The summed E-state index contributed by atoms with van der Waals surface area (Å²) >= 11 is 0. The molecule has 1 N–H and O–H groups in total. The Morgan fingerprint density at radius 2 is 1.60 bits per heavy atom. The summed E-state index contributed by atoms with van der Waals surface area (Å²) in [4.78, 5) is 2.27. The number of benzene rings is 1. The first-order chi connectivity index (χ1) is 9.00. The van der Waals surface area contributed by atoms with Crippen molar-refractivity contribution in [3.05, 3.63) is 35.9 Å². The lowest BCUT2D eigenvalue weighted by Gasteiger charge is -2.32. The quantitative estimate of drug-likeness (QED) is 0.793. The third-order valence-corrected chi connectivity index (χ3v) is 3.17. The second-order valence-electron chi connectivity index (χ2n) is 5.54. The zero-order chi connectivity index (χ0) is 14.3. The standard InChI is InChI=1S/C16H27NO2.CH4/c1-13(2)17(14(3)4)10-16(18)12-19-11-15-8-6-5-7-9-15;/h5-9,13-14,16,18H,10-12H2,1-4H3;1H4/t16-;/m1./s1. The van der Waals surface area contributed by atoms with Crippen LogP contribution in [0.15, 0.2) is 30.3 Å². The molecule has 0 fully saturated rings. The van der Waals surface area contributed by atoms with Gasteiger partial charge in [0.1, 0.15) is 0 Å². The van der Waals surface area contributed by atoms with Crippen LogP contribution in [0.1, 0.15) is 40.7 Å². The van der Waals surface area contributed by atoms with E-state index in [9.17, 15) is 5.11 Å². The van der Waals surface area contributed by atoms with Crippen molar-refractivity contribution in [2.45, 2.75) is 59.9 Å². The first-order valence-corrected chi connectivity index (χ1v) is 7.06. The van der Waals surface area contributed by atoms with Crippen LogP contribution in [0.5, 0.6) is 0 Å². The number of hydrogen-bond donors (Lipinski definition) is 1. The van der Waals surface area contributed by atoms with E-state index in [-0.39, 0.29) is 7.43 Å². The van der Waals surface area contributed by atoms with Crippen molar-refractivity contribution in [1.82, 2.24) is 4.90 Å². The maximum atomic E-state index is 10.0. The van der Waals surface area contributed by atoms with Gasteiger partial charge in [-0.05, 0) is 33.3 Å². The molecule has 1 rings (SSSR count). The van der Waals surface area contributed by atoms with E-state index in [0.717, 1.165) is 5.56 Å². The van der Waals surface area contributed by atoms with Crippen molar-refractivity contribution in [3.8, 4) is 0 Å². The molecule has 0 aliphatic rings. The number of aliphatic hydroxyl groups excluding tert-OH is 1. The van der Waals surface area contributed by atoms with Crippen molar-refractivity contribution in [2.75, 3.05) is 13.2 Å². The molecule has 20 heavy (non-hydrogen) atoms. The van der Waals surface area contributed by atoms with Gasteiger partial charge in [-0.15, -0.1) is 0 Å². The smallest absolute Gasteiger partial charge is 0.0900 e. The van der Waals surface area contributed by atoms with Gasteiger partial charge in [0.25, 0.3) is 0 Å². The molecule has 0 bridgehead atoms. The summed E-state index contributed by atoms with van der Waals surface area (Å²) in [5.74, 6) is 0. The van der Waals surface area contributed by atoms with Crippen LogP contribution in [-0.2, 0) is 11.3 Å². The number of aliphatic hydroxyl groups is 1. The van der Waals surface area contributed by atoms with Gasteiger partial charge in [-0.25, -0.2) is 0 Å². The Bertz CT molecular complexity index is 330. The molecule has 0 aliphatic heterocycles. The molecular weight excluding hydrogens is 250 g/mol. The summed E-state index contributed by atoms with van der Waals surface area (Å²) in [6, 6.07) is 10.9. The van der Waals surface area contributed by atoms with Gasteiger partial charge in [0.2, 0.25) is 0 Å². The molecule has 0 aliphatic carbocycles. The molecule has 0 saturated heterocycles. The first kappa shape index (κ1) is 19.1. The van der Waals surface area contributed by atoms with E-state index in [2.05, 4.69) is 32.6 Å². The van der Waals surface area contributed by atoms with Crippen LogP contribution < -0.4 is 0 Å². The summed E-state index contributed by atoms with van der Waals surface area (Å²) in [5, 5.41) is 10.0. The van der Waals surface area contributed by atoms with E-state index in [1.54, 1.807) is 0 Å². The van der Waals surface area contributed by atoms with Crippen LogP contribution in [0.3, 0.4) is 0 Å². The topological polar surface area (TPSA) is 32.7 Å². The van der Waals surface area contributed by atoms with E-state index in [0.29, 0.717) is 31.8 Å². The normalized spacial score (nSPS) is 12.8. The van der Waals surface area contributed by atoms with Gasteiger partial charge >= 0.3 is 0 Å². The minimum Gasteiger partial charge on any atom is -0.389 e. The predicted octanol–water partition coefficient (Wildman–Crippen LogP) is 3.32. The van der Waals surface area contributed by atoms with Gasteiger partial charge in [0.15, 0.2) is 0 Å². The monoisotopic (exact) mass is 281 g/mol. The van der Waals surface area contributed by atoms with E-state index in [1.165, 1.54) is 0 Å². The van der Waals surface area contributed by atoms with Crippen LogP contribution in [0.4, 0.5) is 0 Å². The molecule has 116 valence electrons. The lowest BCUT2D eigenvalue weighted by molar-refractivity contribution is -0.00157. The highest BCUT2D eigenvalue weighted by atomic mass is 16.5. The van der Waals surface area contributed by atoms with Gasteiger partial charge in [0.05, 0.1) is 19.3 Å². The third kappa shape index (κ3) is 7.04. The van der Waals surface area contributed by atoms with E-state index >= 15 is 0 Å². The Balaban J connectivity index is 0.00000361. The Kier molecular flexibility index (Phi) is 9.47. The molecule has 0 heterocycles.